The van der Waals surface area contributed by atoms with Crippen LogP contribution in [0.5, 0.6) is 0 Å². The molecule has 0 spiro atoms. The highest BCUT2D eigenvalue weighted by Gasteiger charge is 2.36. The Hall–Kier alpha value is -3.50. The minimum absolute atomic E-state index is 0.00661. The summed E-state index contributed by atoms with van der Waals surface area (Å²) in [6.45, 7) is 3.14. The molecule has 2 amide bonds. The van der Waals surface area contributed by atoms with Crippen molar-refractivity contribution in [1.29, 1.82) is 0 Å². The molecular weight excluding hydrogens is 492 g/mol. The third-order valence-corrected chi connectivity index (χ3v) is 6.35. The zero-order valence-electron chi connectivity index (χ0n) is 21.2. The predicted octanol–water partition coefficient (Wildman–Crippen LogP) is 4.85. The van der Waals surface area contributed by atoms with Gasteiger partial charge in [-0.05, 0) is 61.9 Å². The Morgan fingerprint density at radius 3 is 2.38 bits per heavy atom. The maximum absolute atomic E-state index is 14.7. The summed E-state index contributed by atoms with van der Waals surface area (Å²) >= 11 is 0. The maximum Gasteiger partial charge on any atom is 0.416 e. The smallest absolute Gasteiger partial charge is 0.366 e. The highest BCUT2D eigenvalue weighted by atomic mass is 19.4. The monoisotopic (exact) mass is 522 g/mol. The Morgan fingerprint density at radius 1 is 1.16 bits per heavy atom. The van der Waals surface area contributed by atoms with Crippen molar-refractivity contribution in [3.8, 4) is 0 Å². The van der Waals surface area contributed by atoms with E-state index in [4.69, 9.17) is 0 Å². The summed E-state index contributed by atoms with van der Waals surface area (Å²) in [6.07, 6.45) is -1.43. The van der Waals surface area contributed by atoms with Gasteiger partial charge in [-0.2, -0.15) is 13.2 Å². The number of anilines is 3. The number of hydrogen-bond acceptors (Lipinski definition) is 5. The number of likely N-dealkylation sites (N-methyl/N-ethyl adjacent to an activating group) is 2. The molecule has 1 aromatic carbocycles. The van der Waals surface area contributed by atoms with Crippen molar-refractivity contribution in [2.75, 3.05) is 35.3 Å². The van der Waals surface area contributed by atoms with Gasteiger partial charge < -0.3 is 14.6 Å². The zero-order valence-corrected chi connectivity index (χ0v) is 21.2. The molecule has 1 aromatic heterocycles. The lowest BCUT2D eigenvalue weighted by Crippen LogP contribution is -2.48. The molecule has 1 aliphatic carbocycles. The van der Waals surface area contributed by atoms with Crippen LogP contribution in [0.4, 0.5) is 34.8 Å². The lowest BCUT2D eigenvalue weighted by molar-refractivity contribution is -0.137. The van der Waals surface area contributed by atoms with E-state index in [9.17, 15) is 31.9 Å². The number of carbonyl (C=O) groups excluding carboxylic acids is 3. The molecule has 1 fully saturated rings. The van der Waals surface area contributed by atoms with E-state index in [1.165, 1.54) is 31.0 Å². The van der Waals surface area contributed by atoms with Gasteiger partial charge in [0.15, 0.2) is 0 Å². The summed E-state index contributed by atoms with van der Waals surface area (Å²) in [6, 6.07) is 2.97. The van der Waals surface area contributed by atoms with Gasteiger partial charge in [-0.25, -0.2) is 9.37 Å². The van der Waals surface area contributed by atoms with E-state index in [0.717, 1.165) is 29.9 Å². The second-order valence-electron chi connectivity index (χ2n) is 9.25. The van der Waals surface area contributed by atoms with Crippen LogP contribution in [0.1, 0.15) is 55.3 Å². The van der Waals surface area contributed by atoms with Crippen LogP contribution in [-0.2, 0) is 20.6 Å². The van der Waals surface area contributed by atoms with E-state index in [-0.39, 0.29) is 42.5 Å². The SMILES string of the molecule is CCCC(C(=O)N(C)c1cc(F)cc(C2CC2)c1N(C)CC=O)N(C=O)c1cc(C(F)(F)F)cc(C)n1. The maximum atomic E-state index is 14.7. The number of aromatic nitrogens is 1. The number of rotatable bonds is 11. The van der Waals surface area contributed by atoms with Crippen molar-refractivity contribution in [3.05, 3.63) is 46.9 Å². The number of benzene rings is 1. The average Bonchev–Trinajstić information content (AvgIpc) is 3.67. The fraction of sp³-hybridized carbons (Fsp3) is 0.462. The second-order valence-corrected chi connectivity index (χ2v) is 9.25. The van der Waals surface area contributed by atoms with Crippen molar-refractivity contribution in [2.45, 2.75) is 57.7 Å². The molecule has 2 aromatic rings. The number of carbonyl (C=O) groups is 3. The van der Waals surface area contributed by atoms with Gasteiger partial charge in [0, 0.05) is 19.8 Å². The van der Waals surface area contributed by atoms with Crippen molar-refractivity contribution >= 4 is 35.8 Å². The molecule has 3 rings (SSSR count). The number of amides is 2. The lowest BCUT2D eigenvalue weighted by atomic mass is 10.0. The molecule has 37 heavy (non-hydrogen) atoms. The molecule has 1 aliphatic rings. The quantitative estimate of drug-likeness (QED) is 0.312. The third-order valence-electron chi connectivity index (χ3n) is 6.35. The lowest BCUT2D eigenvalue weighted by Gasteiger charge is -2.33. The van der Waals surface area contributed by atoms with Crippen molar-refractivity contribution < 1.29 is 31.9 Å². The molecule has 0 saturated heterocycles. The van der Waals surface area contributed by atoms with Crippen LogP contribution in [0.3, 0.4) is 0 Å². The molecule has 0 bridgehead atoms. The largest absolute Gasteiger partial charge is 0.416 e. The number of nitrogens with zero attached hydrogens (tertiary/aromatic N) is 4. The van der Waals surface area contributed by atoms with Gasteiger partial charge in [-0.3, -0.25) is 14.5 Å². The first-order valence-electron chi connectivity index (χ1n) is 12.0. The number of halogens is 4. The minimum atomic E-state index is -4.67. The first kappa shape index (κ1) is 28.1. The average molecular weight is 523 g/mol. The standard InChI is InChI=1S/C26H30F4N4O3/c1-5-6-21(34(15-36)23-12-18(26(28,29)30)11-16(2)31-23)25(37)33(4)22-14-19(27)13-20(17-7-8-17)24(22)32(3)9-10-35/h10-15,17,21H,5-9H2,1-4H3. The van der Waals surface area contributed by atoms with Gasteiger partial charge in [0.1, 0.15) is 24.0 Å². The molecular formula is C26H30F4N4O3. The van der Waals surface area contributed by atoms with Crippen LogP contribution in [0.15, 0.2) is 24.3 Å². The van der Waals surface area contributed by atoms with Gasteiger partial charge in [-0.15, -0.1) is 0 Å². The number of pyridine rings is 1. The number of aldehydes is 1. The predicted molar refractivity (Wildman–Crippen MR) is 132 cm³/mol. The second kappa shape index (κ2) is 11.3. The van der Waals surface area contributed by atoms with Crippen molar-refractivity contribution in [2.24, 2.45) is 0 Å². The minimum Gasteiger partial charge on any atom is -0.366 e. The van der Waals surface area contributed by atoms with E-state index >= 15 is 0 Å². The van der Waals surface area contributed by atoms with Crippen LogP contribution in [0.25, 0.3) is 0 Å². The van der Waals surface area contributed by atoms with E-state index in [2.05, 4.69) is 4.98 Å². The van der Waals surface area contributed by atoms with E-state index in [0.29, 0.717) is 24.0 Å². The molecule has 7 nitrogen and oxygen atoms in total. The number of hydrogen-bond donors (Lipinski definition) is 0. The highest BCUT2D eigenvalue weighted by Crippen LogP contribution is 2.48. The first-order chi connectivity index (χ1) is 17.4. The molecule has 1 atom stereocenters. The van der Waals surface area contributed by atoms with Gasteiger partial charge in [0.05, 0.1) is 23.5 Å². The van der Waals surface area contributed by atoms with Crippen LogP contribution in [0.2, 0.25) is 0 Å². The Labute approximate surface area is 213 Å². The molecule has 200 valence electrons. The first-order valence-corrected chi connectivity index (χ1v) is 12.0. The summed E-state index contributed by atoms with van der Waals surface area (Å²) in [5, 5.41) is 0. The van der Waals surface area contributed by atoms with E-state index in [1.54, 1.807) is 18.9 Å². The Balaban J connectivity index is 2.08. The normalized spacial score (nSPS) is 14.2. The molecule has 0 radical (unpaired) electrons. The molecule has 1 unspecified atom stereocenters. The highest BCUT2D eigenvalue weighted by molar-refractivity contribution is 6.04. The van der Waals surface area contributed by atoms with Crippen molar-refractivity contribution in [1.82, 2.24) is 4.98 Å². The van der Waals surface area contributed by atoms with Gasteiger partial charge >= 0.3 is 6.18 Å². The summed E-state index contributed by atoms with van der Waals surface area (Å²) in [5.41, 5.74) is 0.442. The fourth-order valence-electron chi connectivity index (χ4n) is 4.42. The van der Waals surface area contributed by atoms with Gasteiger partial charge in [0.2, 0.25) is 12.3 Å². The Kier molecular flexibility index (Phi) is 8.55. The van der Waals surface area contributed by atoms with Crippen LogP contribution in [0, 0.1) is 12.7 Å². The van der Waals surface area contributed by atoms with E-state index in [1.807, 2.05) is 0 Å². The van der Waals surface area contributed by atoms with Crippen molar-refractivity contribution in [3.63, 3.8) is 0 Å². The molecule has 0 aliphatic heterocycles. The third kappa shape index (κ3) is 6.26. The summed E-state index contributed by atoms with van der Waals surface area (Å²) < 4.78 is 55.0. The fourth-order valence-corrected chi connectivity index (χ4v) is 4.42. The van der Waals surface area contributed by atoms with Crippen LogP contribution < -0.4 is 14.7 Å². The van der Waals surface area contributed by atoms with Crippen LogP contribution >= 0.6 is 0 Å². The van der Waals surface area contributed by atoms with Gasteiger partial charge in [0.25, 0.3) is 0 Å². The molecule has 1 heterocycles. The van der Waals surface area contributed by atoms with E-state index < -0.39 is 29.5 Å². The molecule has 0 N–H and O–H groups in total. The topological polar surface area (TPSA) is 73.8 Å². The number of alkyl halides is 3. The summed E-state index contributed by atoms with van der Waals surface area (Å²) in [4.78, 5) is 45.0. The van der Waals surface area contributed by atoms with Gasteiger partial charge in [-0.1, -0.05) is 13.3 Å². The van der Waals surface area contributed by atoms with Crippen LogP contribution in [-0.4, -0.2) is 50.3 Å². The molecule has 11 heteroatoms. The summed E-state index contributed by atoms with van der Waals surface area (Å²) in [7, 11) is 3.08. The Morgan fingerprint density at radius 2 is 1.84 bits per heavy atom. The summed E-state index contributed by atoms with van der Waals surface area (Å²) in [5.74, 6) is -1.40. The zero-order chi connectivity index (χ0) is 27.5. The number of aryl methyl sites for hydroxylation is 1. The Bertz CT molecular complexity index is 1170. The molecule has 1 saturated carbocycles.